The van der Waals surface area contributed by atoms with Crippen molar-refractivity contribution in [2.24, 2.45) is 5.92 Å². The van der Waals surface area contributed by atoms with Gasteiger partial charge >= 0.3 is 0 Å². The van der Waals surface area contributed by atoms with Gasteiger partial charge in [0.05, 0.1) is 7.11 Å². The molecule has 0 aliphatic carbocycles. The maximum absolute atomic E-state index is 5.66. The van der Waals surface area contributed by atoms with Crippen molar-refractivity contribution in [3.05, 3.63) is 28.8 Å². The SMILES string of the molecule is CCCNC(c1c(C)cc(C)cc1OC)C(C)CCC. The highest BCUT2D eigenvalue weighted by Crippen LogP contribution is 2.35. The van der Waals surface area contributed by atoms with Crippen molar-refractivity contribution >= 4 is 0 Å². The third-order valence-corrected chi connectivity index (χ3v) is 3.95. The van der Waals surface area contributed by atoms with Crippen LogP contribution in [-0.4, -0.2) is 13.7 Å². The number of benzene rings is 1. The summed E-state index contributed by atoms with van der Waals surface area (Å²) in [5, 5.41) is 3.73. The van der Waals surface area contributed by atoms with E-state index in [1.54, 1.807) is 7.11 Å². The second kappa shape index (κ2) is 8.31. The molecule has 2 heteroatoms. The van der Waals surface area contributed by atoms with Crippen LogP contribution in [0.25, 0.3) is 0 Å². The molecule has 0 saturated heterocycles. The van der Waals surface area contributed by atoms with Crippen LogP contribution in [0.4, 0.5) is 0 Å². The molecular formula is C18H31NO. The van der Waals surface area contributed by atoms with Crippen LogP contribution in [0.1, 0.15) is 62.8 Å². The fraction of sp³-hybridized carbons (Fsp3) is 0.667. The minimum Gasteiger partial charge on any atom is -0.496 e. The van der Waals surface area contributed by atoms with Crippen LogP contribution in [0.5, 0.6) is 5.75 Å². The molecule has 1 aromatic rings. The fourth-order valence-corrected chi connectivity index (χ4v) is 3.02. The van der Waals surface area contributed by atoms with E-state index in [9.17, 15) is 0 Å². The van der Waals surface area contributed by atoms with Gasteiger partial charge in [-0.05, 0) is 56.3 Å². The van der Waals surface area contributed by atoms with Gasteiger partial charge in [0.2, 0.25) is 0 Å². The molecule has 1 aromatic carbocycles. The number of methoxy groups -OCH3 is 1. The summed E-state index contributed by atoms with van der Waals surface area (Å²) in [6.45, 7) is 12.2. The Bertz CT molecular complexity index is 414. The van der Waals surface area contributed by atoms with Crippen LogP contribution in [0.15, 0.2) is 12.1 Å². The van der Waals surface area contributed by atoms with Crippen molar-refractivity contribution in [3.63, 3.8) is 0 Å². The Morgan fingerprint density at radius 3 is 2.40 bits per heavy atom. The largest absolute Gasteiger partial charge is 0.496 e. The van der Waals surface area contributed by atoms with E-state index < -0.39 is 0 Å². The Balaban J connectivity index is 3.17. The first kappa shape index (κ1) is 17.0. The Labute approximate surface area is 124 Å². The van der Waals surface area contributed by atoms with E-state index in [1.807, 2.05) is 0 Å². The van der Waals surface area contributed by atoms with Crippen LogP contribution in [0.3, 0.4) is 0 Å². The third kappa shape index (κ3) is 4.24. The summed E-state index contributed by atoms with van der Waals surface area (Å²) in [4.78, 5) is 0. The van der Waals surface area contributed by atoms with E-state index in [0.29, 0.717) is 12.0 Å². The van der Waals surface area contributed by atoms with Gasteiger partial charge in [0.1, 0.15) is 5.75 Å². The van der Waals surface area contributed by atoms with Gasteiger partial charge in [-0.2, -0.15) is 0 Å². The zero-order chi connectivity index (χ0) is 15.1. The Morgan fingerprint density at radius 1 is 1.15 bits per heavy atom. The van der Waals surface area contributed by atoms with E-state index in [1.165, 1.54) is 29.5 Å². The molecule has 1 N–H and O–H groups in total. The van der Waals surface area contributed by atoms with Crippen LogP contribution in [0, 0.1) is 19.8 Å². The minimum atomic E-state index is 0.380. The summed E-state index contributed by atoms with van der Waals surface area (Å²) in [5.41, 5.74) is 3.94. The number of hydrogen-bond acceptors (Lipinski definition) is 2. The highest BCUT2D eigenvalue weighted by atomic mass is 16.5. The standard InChI is InChI=1S/C18H31NO/c1-7-9-14(4)18(19-10-8-2)17-15(5)11-13(3)12-16(17)20-6/h11-12,14,18-19H,7-10H2,1-6H3. The molecule has 0 aliphatic rings. The lowest BCUT2D eigenvalue weighted by Crippen LogP contribution is -2.29. The maximum atomic E-state index is 5.66. The summed E-state index contributed by atoms with van der Waals surface area (Å²) in [5.74, 6) is 1.64. The predicted octanol–water partition coefficient (Wildman–Crippen LogP) is 4.79. The summed E-state index contributed by atoms with van der Waals surface area (Å²) < 4.78 is 5.66. The first-order chi connectivity index (χ1) is 9.54. The van der Waals surface area contributed by atoms with Crippen molar-refractivity contribution in [1.29, 1.82) is 0 Å². The van der Waals surface area contributed by atoms with Crippen LogP contribution in [0.2, 0.25) is 0 Å². The van der Waals surface area contributed by atoms with E-state index in [-0.39, 0.29) is 0 Å². The fourth-order valence-electron chi connectivity index (χ4n) is 3.02. The first-order valence-electron chi connectivity index (χ1n) is 7.93. The molecule has 0 aliphatic heterocycles. The molecule has 0 aromatic heterocycles. The monoisotopic (exact) mass is 277 g/mol. The van der Waals surface area contributed by atoms with Crippen LogP contribution in [-0.2, 0) is 0 Å². The van der Waals surface area contributed by atoms with E-state index in [4.69, 9.17) is 4.74 Å². The van der Waals surface area contributed by atoms with Gasteiger partial charge in [-0.1, -0.05) is 33.3 Å². The van der Waals surface area contributed by atoms with Gasteiger partial charge < -0.3 is 10.1 Å². The minimum absolute atomic E-state index is 0.380. The lowest BCUT2D eigenvalue weighted by molar-refractivity contribution is 0.341. The number of nitrogens with one attached hydrogen (secondary N) is 1. The van der Waals surface area contributed by atoms with E-state index in [2.05, 4.69) is 52.1 Å². The van der Waals surface area contributed by atoms with Crippen LogP contribution >= 0.6 is 0 Å². The second-order valence-corrected chi connectivity index (χ2v) is 5.90. The van der Waals surface area contributed by atoms with Gasteiger partial charge in [-0.15, -0.1) is 0 Å². The van der Waals surface area contributed by atoms with Crippen molar-refractivity contribution in [3.8, 4) is 5.75 Å². The van der Waals surface area contributed by atoms with Gasteiger partial charge in [0.25, 0.3) is 0 Å². The third-order valence-electron chi connectivity index (χ3n) is 3.95. The number of ether oxygens (including phenoxy) is 1. The van der Waals surface area contributed by atoms with Crippen molar-refractivity contribution in [2.75, 3.05) is 13.7 Å². The van der Waals surface area contributed by atoms with Crippen molar-refractivity contribution < 1.29 is 4.74 Å². The molecule has 0 amide bonds. The average molecular weight is 277 g/mol. The highest BCUT2D eigenvalue weighted by molar-refractivity contribution is 5.45. The highest BCUT2D eigenvalue weighted by Gasteiger charge is 2.23. The molecule has 0 heterocycles. The molecule has 20 heavy (non-hydrogen) atoms. The molecule has 1 rings (SSSR count). The van der Waals surface area contributed by atoms with Gasteiger partial charge in [0.15, 0.2) is 0 Å². The molecule has 0 saturated carbocycles. The van der Waals surface area contributed by atoms with E-state index in [0.717, 1.165) is 18.7 Å². The lowest BCUT2D eigenvalue weighted by Gasteiger charge is -2.29. The van der Waals surface area contributed by atoms with Crippen molar-refractivity contribution in [2.45, 2.75) is 59.9 Å². The zero-order valence-electron chi connectivity index (χ0n) is 14.0. The molecule has 2 nitrogen and oxygen atoms in total. The Morgan fingerprint density at radius 2 is 1.85 bits per heavy atom. The van der Waals surface area contributed by atoms with Crippen LogP contribution < -0.4 is 10.1 Å². The normalized spacial score (nSPS) is 14.1. The van der Waals surface area contributed by atoms with Crippen molar-refractivity contribution in [1.82, 2.24) is 5.32 Å². The van der Waals surface area contributed by atoms with E-state index >= 15 is 0 Å². The zero-order valence-corrected chi connectivity index (χ0v) is 14.0. The Kier molecular flexibility index (Phi) is 7.08. The second-order valence-electron chi connectivity index (χ2n) is 5.90. The predicted molar refractivity (Wildman–Crippen MR) is 87.6 cm³/mol. The molecule has 0 fully saturated rings. The van der Waals surface area contributed by atoms with Gasteiger partial charge in [0, 0.05) is 11.6 Å². The van der Waals surface area contributed by atoms with Gasteiger partial charge in [-0.25, -0.2) is 0 Å². The maximum Gasteiger partial charge on any atom is 0.124 e. The number of rotatable bonds is 8. The molecule has 0 bridgehead atoms. The molecule has 114 valence electrons. The number of hydrogen-bond donors (Lipinski definition) is 1. The average Bonchev–Trinajstić information content (AvgIpc) is 2.40. The molecule has 0 radical (unpaired) electrons. The topological polar surface area (TPSA) is 21.3 Å². The summed E-state index contributed by atoms with van der Waals surface area (Å²) in [6.07, 6.45) is 3.61. The quantitative estimate of drug-likeness (QED) is 0.737. The first-order valence-corrected chi connectivity index (χ1v) is 7.93. The molecular weight excluding hydrogens is 246 g/mol. The lowest BCUT2D eigenvalue weighted by atomic mass is 9.87. The summed E-state index contributed by atoms with van der Waals surface area (Å²) in [7, 11) is 1.78. The molecule has 0 spiro atoms. The summed E-state index contributed by atoms with van der Waals surface area (Å²) in [6, 6.07) is 4.80. The smallest absolute Gasteiger partial charge is 0.124 e. The molecule has 2 unspecified atom stereocenters. The van der Waals surface area contributed by atoms with Gasteiger partial charge in [-0.3, -0.25) is 0 Å². The Hall–Kier alpha value is -1.02. The molecule has 2 atom stereocenters. The summed E-state index contributed by atoms with van der Waals surface area (Å²) >= 11 is 0. The number of aryl methyl sites for hydroxylation is 2.